The van der Waals surface area contributed by atoms with Crippen molar-refractivity contribution in [3.8, 4) is 0 Å². The first-order valence-corrected chi connectivity index (χ1v) is 4.68. The Morgan fingerprint density at radius 1 is 1.31 bits per heavy atom. The van der Waals surface area contributed by atoms with E-state index in [2.05, 4.69) is 10.2 Å². The molecule has 0 heterocycles. The molecule has 0 fully saturated rings. The van der Waals surface area contributed by atoms with Crippen LogP contribution >= 0.6 is 0 Å². The number of hydrogen-bond donors (Lipinski definition) is 2. The minimum absolute atomic E-state index is 0.236. The Balaban J connectivity index is 2.92. The number of carbonyl (C=O) groups is 1. The van der Waals surface area contributed by atoms with E-state index in [1.54, 1.807) is 12.1 Å². The number of carbonyl (C=O) groups excluding carboxylic acids is 1. The molecule has 0 unspecified atom stereocenters. The summed E-state index contributed by atoms with van der Waals surface area (Å²) < 4.78 is 0. The SMILES string of the molecule is CC(O)=C(N=Nc1ccc(C)cc1)C(N)=O. The number of nitrogens with two attached hydrogens (primary N) is 1. The quantitative estimate of drug-likeness (QED) is 0.464. The van der Waals surface area contributed by atoms with Gasteiger partial charge in [0.1, 0.15) is 5.76 Å². The molecule has 0 saturated carbocycles. The minimum atomic E-state index is -0.809. The van der Waals surface area contributed by atoms with Gasteiger partial charge in [-0.2, -0.15) is 5.11 Å². The van der Waals surface area contributed by atoms with Gasteiger partial charge >= 0.3 is 0 Å². The van der Waals surface area contributed by atoms with Gasteiger partial charge in [-0.15, -0.1) is 5.11 Å². The number of hydrogen-bond acceptors (Lipinski definition) is 4. The van der Waals surface area contributed by atoms with Gasteiger partial charge in [-0.05, 0) is 26.0 Å². The van der Waals surface area contributed by atoms with Crippen LogP contribution in [0.2, 0.25) is 0 Å². The van der Waals surface area contributed by atoms with Crippen molar-refractivity contribution in [3.63, 3.8) is 0 Å². The highest BCUT2D eigenvalue weighted by Gasteiger charge is 2.07. The van der Waals surface area contributed by atoms with E-state index < -0.39 is 5.91 Å². The van der Waals surface area contributed by atoms with Crippen molar-refractivity contribution < 1.29 is 9.90 Å². The zero-order valence-electron chi connectivity index (χ0n) is 9.14. The van der Waals surface area contributed by atoms with Crippen molar-refractivity contribution in [1.82, 2.24) is 0 Å². The Morgan fingerprint density at radius 3 is 2.31 bits per heavy atom. The van der Waals surface area contributed by atoms with Crippen molar-refractivity contribution in [2.45, 2.75) is 13.8 Å². The lowest BCUT2D eigenvalue weighted by molar-refractivity contribution is -0.114. The summed E-state index contributed by atoms with van der Waals surface area (Å²) in [6.07, 6.45) is 0. The van der Waals surface area contributed by atoms with Crippen LogP contribution in [0.3, 0.4) is 0 Å². The Hall–Kier alpha value is -2.17. The first-order chi connectivity index (χ1) is 7.50. The number of allylic oxidation sites excluding steroid dienone is 1. The van der Waals surface area contributed by atoms with Gasteiger partial charge in [0.25, 0.3) is 5.91 Å². The molecule has 0 aromatic heterocycles. The lowest BCUT2D eigenvalue weighted by Gasteiger charge is -1.97. The maximum Gasteiger partial charge on any atom is 0.272 e. The van der Waals surface area contributed by atoms with Crippen LogP contribution in [-0.2, 0) is 4.79 Å². The van der Waals surface area contributed by atoms with E-state index in [1.165, 1.54) is 6.92 Å². The number of aliphatic hydroxyl groups excluding tert-OH is 1. The molecule has 16 heavy (non-hydrogen) atoms. The Labute approximate surface area is 93.3 Å². The standard InChI is InChI=1S/C11H13N3O2/c1-7-3-5-9(6-4-7)13-14-10(8(2)15)11(12)16/h3-6,15H,1-2H3,(H2,12,16). The Kier molecular flexibility index (Phi) is 3.77. The van der Waals surface area contributed by atoms with E-state index in [0.29, 0.717) is 5.69 Å². The summed E-state index contributed by atoms with van der Waals surface area (Å²) in [6, 6.07) is 7.25. The van der Waals surface area contributed by atoms with Gasteiger partial charge in [-0.3, -0.25) is 4.79 Å². The molecule has 5 nitrogen and oxygen atoms in total. The second kappa shape index (κ2) is 5.06. The highest BCUT2D eigenvalue weighted by molar-refractivity contribution is 5.91. The van der Waals surface area contributed by atoms with Gasteiger partial charge in [-0.25, -0.2) is 0 Å². The van der Waals surface area contributed by atoms with Crippen LogP contribution in [0.5, 0.6) is 0 Å². The van der Waals surface area contributed by atoms with Crippen LogP contribution < -0.4 is 5.73 Å². The molecule has 0 atom stereocenters. The fourth-order valence-electron chi connectivity index (χ4n) is 1.02. The topological polar surface area (TPSA) is 88.0 Å². The minimum Gasteiger partial charge on any atom is -0.510 e. The first kappa shape index (κ1) is 11.9. The highest BCUT2D eigenvalue weighted by Crippen LogP contribution is 2.15. The van der Waals surface area contributed by atoms with Crippen LogP contribution in [0.25, 0.3) is 0 Å². The van der Waals surface area contributed by atoms with Crippen LogP contribution in [-0.4, -0.2) is 11.0 Å². The highest BCUT2D eigenvalue weighted by atomic mass is 16.3. The second-order valence-corrected chi connectivity index (χ2v) is 3.33. The number of aryl methyl sites for hydroxylation is 1. The fraction of sp³-hybridized carbons (Fsp3) is 0.182. The fourth-order valence-corrected chi connectivity index (χ4v) is 1.02. The number of nitrogens with zero attached hydrogens (tertiary/aromatic N) is 2. The molecular formula is C11H13N3O2. The van der Waals surface area contributed by atoms with Gasteiger partial charge in [0, 0.05) is 0 Å². The molecule has 0 bridgehead atoms. The third kappa shape index (κ3) is 3.20. The van der Waals surface area contributed by atoms with Gasteiger partial charge in [-0.1, -0.05) is 17.7 Å². The molecule has 84 valence electrons. The molecule has 5 heteroatoms. The summed E-state index contributed by atoms with van der Waals surface area (Å²) in [4.78, 5) is 10.9. The van der Waals surface area contributed by atoms with Gasteiger partial charge < -0.3 is 10.8 Å². The van der Waals surface area contributed by atoms with Crippen molar-refractivity contribution in [2.75, 3.05) is 0 Å². The van der Waals surface area contributed by atoms with Crippen molar-refractivity contribution in [1.29, 1.82) is 0 Å². The predicted molar refractivity (Wildman–Crippen MR) is 60.2 cm³/mol. The molecule has 0 radical (unpaired) electrons. The second-order valence-electron chi connectivity index (χ2n) is 3.33. The van der Waals surface area contributed by atoms with Crippen LogP contribution in [0, 0.1) is 6.92 Å². The maximum atomic E-state index is 10.9. The Bertz CT molecular complexity index is 443. The smallest absolute Gasteiger partial charge is 0.272 e. The molecule has 1 amide bonds. The normalized spacial score (nSPS) is 12.6. The van der Waals surface area contributed by atoms with E-state index >= 15 is 0 Å². The molecule has 0 spiro atoms. The van der Waals surface area contributed by atoms with E-state index in [-0.39, 0.29) is 11.5 Å². The van der Waals surface area contributed by atoms with Crippen LogP contribution in [0.15, 0.2) is 46.0 Å². The molecule has 0 aliphatic rings. The molecule has 3 N–H and O–H groups in total. The lowest BCUT2D eigenvalue weighted by atomic mass is 10.2. The number of aliphatic hydroxyl groups is 1. The van der Waals surface area contributed by atoms with Crippen molar-refractivity contribution in [2.24, 2.45) is 16.0 Å². The summed E-state index contributed by atoms with van der Waals surface area (Å²) in [5.74, 6) is -1.06. The lowest BCUT2D eigenvalue weighted by Crippen LogP contribution is -2.13. The van der Waals surface area contributed by atoms with E-state index in [1.807, 2.05) is 19.1 Å². The van der Waals surface area contributed by atoms with Crippen LogP contribution in [0.1, 0.15) is 12.5 Å². The average molecular weight is 219 g/mol. The number of primary amides is 1. The number of benzene rings is 1. The first-order valence-electron chi connectivity index (χ1n) is 4.68. The summed E-state index contributed by atoms with van der Waals surface area (Å²) in [7, 11) is 0. The van der Waals surface area contributed by atoms with Crippen LogP contribution in [0.4, 0.5) is 5.69 Å². The number of amides is 1. The summed E-state index contributed by atoms with van der Waals surface area (Å²) >= 11 is 0. The number of rotatable bonds is 3. The largest absolute Gasteiger partial charge is 0.510 e. The summed E-state index contributed by atoms with van der Waals surface area (Å²) in [6.45, 7) is 3.28. The zero-order valence-corrected chi connectivity index (χ0v) is 9.14. The molecular weight excluding hydrogens is 206 g/mol. The van der Waals surface area contributed by atoms with Crippen molar-refractivity contribution in [3.05, 3.63) is 41.3 Å². The monoisotopic (exact) mass is 219 g/mol. The molecule has 0 aliphatic heterocycles. The number of azo groups is 1. The van der Waals surface area contributed by atoms with E-state index in [4.69, 9.17) is 10.8 Å². The third-order valence-electron chi connectivity index (χ3n) is 1.88. The summed E-state index contributed by atoms with van der Waals surface area (Å²) in [5, 5.41) is 16.5. The summed E-state index contributed by atoms with van der Waals surface area (Å²) in [5.41, 5.74) is 6.47. The predicted octanol–water partition coefficient (Wildman–Crippen LogP) is 2.35. The van der Waals surface area contributed by atoms with E-state index in [9.17, 15) is 4.79 Å². The maximum absolute atomic E-state index is 10.9. The molecule has 1 aromatic rings. The third-order valence-corrected chi connectivity index (χ3v) is 1.88. The average Bonchev–Trinajstić information content (AvgIpc) is 2.20. The molecule has 1 rings (SSSR count). The van der Waals surface area contributed by atoms with E-state index in [0.717, 1.165) is 5.56 Å². The molecule has 0 aliphatic carbocycles. The Morgan fingerprint density at radius 2 is 1.88 bits per heavy atom. The van der Waals surface area contributed by atoms with Crippen molar-refractivity contribution >= 4 is 11.6 Å². The molecule has 0 saturated heterocycles. The zero-order chi connectivity index (χ0) is 12.1. The van der Waals surface area contributed by atoms with Gasteiger partial charge in [0.2, 0.25) is 0 Å². The van der Waals surface area contributed by atoms with Gasteiger partial charge in [0.15, 0.2) is 5.70 Å². The molecule has 1 aromatic carbocycles. The van der Waals surface area contributed by atoms with Gasteiger partial charge in [0.05, 0.1) is 5.69 Å².